The van der Waals surface area contributed by atoms with Gasteiger partial charge in [0, 0.05) is 5.39 Å². The standard InChI is InChI=1S/C10H7NO5S.Na/c12-10-7-2-1-3-9(17(14,15)16)6(7)4-5-8(10)11-13;/h1-5,12H,(H,14,15,16);/q;+1/p-1. The quantitative estimate of drug-likeness (QED) is 0.410. The molecule has 2 aromatic rings. The van der Waals surface area contributed by atoms with Gasteiger partial charge in [0.25, 0.3) is 10.1 Å². The molecule has 18 heavy (non-hydrogen) atoms. The second-order valence-corrected chi connectivity index (χ2v) is 4.72. The maximum absolute atomic E-state index is 11.7. The van der Waals surface area contributed by atoms with Gasteiger partial charge in [-0.2, -0.15) is 8.42 Å². The van der Waals surface area contributed by atoms with Crippen molar-refractivity contribution in [3.8, 4) is 5.75 Å². The molecule has 0 aromatic heterocycles. The van der Waals surface area contributed by atoms with Gasteiger partial charge in [0.15, 0.2) is 0 Å². The van der Waals surface area contributed by atoms with E-state index < -0.39 is 15.9 Å². The van der Waals surface area contributed by atoms with Crippen LogP contribution in [0.5, 0.6) is 5.75 Å². The predicted molar refractivity (Wildman–Crippen MR) is 58.7 cm³/mol. The van der Waals surface area contributed by atoms with Gasteiger partial charge in [-0.15, -0.1) is 4.91 Å². The number of rotatable bonds is 2. The van der Waals surface area contributed by atoms with E-state index in [1.54, 1.807) is 0 Å². The van der Waals surface area contributed by atoms with Gasteiger partial charge in [-0.05, 0) is 22.7 Å². The summed E-state index contributed by atoms with van der Waals surface area (Å²) in [5.74, 6) is -0.664. The van der Waals surface area contributed by atoms with Crippen molar-refractivity contribution in [1.82, 2.24) is 0 Å². The van der Waals surface area contributed by atoms with E-state index in [9.17, 15) is 18.4 Å². The summed E-state index contributed by atoms with van der Waals surface area (Å²) in [5, 5.41) is 14.3. The Kier molecular flexibility index (Phi) is 4.46. The van der Waals surface area contributed by atoms with Crippen molar-refractivity contribution in [3.63, 3.8) is 0 Å². The molecule has 0 amide bonds. The number of nitroso groups, excluding NO2 is 1. The summed E-state index contributed by atoms with van der Waals surface area (Å²) in [6.07, 6.45) is 0. The molecule has 0 unspecified atom stereocenters. The van der Waals surface area contributed by atoms with Crippen LogP contribution in [0.4, 0.5) is 5.69 Å². The summed E-state index contributed by atoms with van der Waals surface area (Å²) in [5.41, 5.74) is -0.301. The molecule has 0 radical (unpaired) electrons. The van der Waals surface area contributed by atoms with Gasteiger partial charge in [0.1, 0.15) is 10.6 Å². The van der Waals surface area contributed by atoms with Gasteiger partial charge >= 0.3 is 29.6 Å². The first kappa shape index (κ1) is 15.1. The van der Waals surface area contributed by atoms with Crippen LogP contribution in [0.3, 0.4) is 0 Å². The summed E-state index contributed by atoms with van der Waals surface area (Å²) in [6, 6.07) is 6.22. The summed E-state index contributed by atoms with van der Waals surface area (Å²) in [4.78, 5) is 9.96. The van der Waals surface area contributed by atoms with E-state index in [1.807, 2.05) is 0 Å². The number of fused-ring (bicyclic) bond motifs is 1. The van der Waals surface area contributed by atoms with Crippen molar-refractivity contribution in [2.75, 3.05) is 0 Å². The maximum atomic E-state index is 11.7. The van der Waals surface area contributed by atoms with Crippen molar-refractivity contribution in [2.24, 2.45) is 5.18 Å². The zero-order valence-corrected chi connectivity index (χ0v) is 12.1. The molecule has 1 N–H and O–H groups in total. The Morgan fingerprint density at radius 2 is 1.78 bits per heavy atom. The molecule has 0 aliphatic rings. The Balaban J connectivity index is 0.00000162. The summed E-state index contributed by atoms with van der Waals surface area (Å²) in [7, 11) is -4.41. The molecule has 0 heterocycles. The maximum Gasteiger partial charge on any atom is 1.00 e. The minimum atomic E-state index is -4.41. The molecule has 0 saturated heterocycles. The van der Waals surface area contributed by atoms with Crippen LogP contribution in [-0.2, 0) is 10.1 Å². The molecule has 2 aromatic carbocycles. The van der Waals surface area contributed by atoms with Gasteiger partial charge in [-0.25, -0.2) is 0 Å². The number of nitrogens with zero attached hydrogens (tertiary/aromatic N) is 1. The Bertz CT molecular complexity index is 714. The van der Waals surface area contributed by atoms with Gasteiger partial charge in [-0.1, -0.05) is 23.9 Å². The predicted octanol–water partition coefficient (Wildman–Crippen LogP) is -1.44. The van der Waals surface area contributed by atoms with Crippen LogP contribution in [-0.4, -0.2) is 13.0 Å². The van der Waals surface area contributed by atoms with Gasteiger partial charge in [0.2, 0.25) is 0 Å². The van der Waals surface area contributed by atoms with Crippen molar-refractivity contribution in [1.29, 1.82) is 0 Å². The molecule has 2 rings (SSSR count). The van der Waals surface area contributed by atoms with E-state index in [4.69, 9.17) is 4.55 Å². The second-order valence-electron chi connectivity index (χ2n) is 3.33. The summed E-state index contributed by atoms with van der Waals surface area (Å²) in [6.45, 7) is 0. The van der Waals surface area contributed by atoms with Crippen molar-refractivity contribution in [2.45, 2.75) is 4.90 Å². The van der Waals surface area contributed by atoms with Crippen LogP contribution in [0.25, 0.3) is 10.8 Å². The molecule has 0 aliphatic carbocycles. The number of hydrogen-bond acceptors (Lipinski definition) is 5. The monoisotopic (exact) mass is 275 g/mol. The Labute approximate surface area is 125 Å². The van der Waals surface area contributed by atoms with Crippen LogP contribution in [0.15, 0.2) is 40.4 Å². The minimum Gasteiger partial charge on any atom is -0.871 e. The molecule has 8 heteroatoms. The molecule has 0 spiro atoms. The Morgan fingerprint density at radius 1 is 1.11 bits per heavy atom. The Hall–Kier alpha value is -0.990. The molecule has 0 fully saturated rings. The van der Waals surface area contributed by atoms with Crippen LogP contribution in [0.1, 0.15) is 0 Å². The zero-order chi connectivity index (χ0) is 12.6. The SMILES string of the molecule is O=Nc1ccc2c(S(=O)(=O)O)cccc2c1[O-].[Na+]. The second kappa shape index (κ2) is 5.33. The first-order valence-electron chi connectivity index (χ1n) is 4.49. The first-order chi connectivity index (χ1) is 7.95. The van der Waals surface area contributed by atoms with Gasteiger partial charge in [-0.3, -0.25) is 4.55 Å². The zero-order valence-electron chi connectivity index (χ0n) is 9.32. The first-order valence-corrected chi connectivity index (χ1v) is 5.93. The van der Waals surface area contributed by atoms with Crippen LogP contribution in [0.2, 0.25) is 0 Å². The fraction of sp³-hybridized carbons (Fsp3) is 0. The molecule has 0 atom stereocenters. The third kappa shape index (κ3) is 2.55. The van der Waals surface area contributed by atoms with Crippen molar-refractivity contribution >= 4 is 26.6 Å². The minimum absolute atomic E-state index is 0. The number of benzene rings is 2. The van der Waals surface area contributed by atoms with Crippen LogP contribution in [0, 0.1) is 4.91 Å². The third-order valence-corrected chi connectivity index (χ3v) is 3.24. The van der Waals surface area contributed by atoms with E-state index in [0.29, 0.717) is 0 Å². The van der Waals surface area contributed by atoms with Crippen molar-refractivity contribution in [3.05, 3.63) is 35.2 Å². The van der Waals surface area contributed by atoms with E-state index >= 15 is 0 Å². The normalized spacial score (nSPS) is 10.9. The van der Waals surface area contributed by atoms with Gasteiger partial charge < -0.3 is 5.11 Å². The summed E-state index contributed by atoms with van der Waals surface area (Å²) >= 11 is 0. The molecular formula is C10H6NNaO5S. The van der Waals surface area contributed by atoms with Crippen LogP contribution >= 0.6 is 0 Å². The Morgan fingerprint density at radius 3 is 2.33 bits per heavy atom. The fourth-order valence-corrected chi connectivity index (χ4v) is 2.29. The average molecular weight is 275 g/mol. The average Bonchev–Trinajstić information content (AvgIpc) is 2.28. The van der Waals surface area contributed by atoms with E-state index in [1.165, 1.54) is 24.3 Å². The largest absolute Gasteiger partial charge is 1.00 e. The topological polar surface area (TPSA) is 107 Å². The smallest absolute Gasteiger partial charge is 0.871 e. The molecular weight excluding hydrogens is 269 g/mol. The van der Waals surface area contributed by atoms with E-state index in [0.717, 1.165) is 6.07 Å². The summed E-state index contributed by atoms with van der Waals surface area (Å²) < 4.78 is 31.2. The molecule has 6 nitrogen and oxygen atoms in total. The number of hydrogen-bond donors (Lipinski definition) is 1. The molecule has 88 valence electrons. The van der Waals surface area contributed by atoms with Crippen molar-refractivity contribution < 1.29 is 47.6 Å². The van der Waals surface area contributed by atoms with E-state index in [-0.39, 0.29) is 50.9 Å². The fourth-order valence-electron chi connectivity index (χ4n) is 1.59. The van der Waals surface area contributed by atoms with Crippen LogP contribution < -0.4 is 34.7 Å². The third-order valence-electron chi connectivity index (χ3n) is 2.33. The molecule has 0 bridgehead atoms. The van der Waals surface area contributed by atoms with Gasteiger partial charge in [0.05, 0.1) is 0 Å². The molecule has 0 aliphatic heterocycles. The molecule has 0 saturated carbocycles. The van der Waals surface area contributed by atoms with E-state index in [2.05, 4.69) is 5.18 Å².